The quantitative estimate of drug-likeness (QED) is 0.132. The topological polar surface area (TPSA) is 52.6 Å². The van der Waals surface area contributed by atoms with Crippen LogP contribution in [0, 0.1) is 13.8 Å². The van der Waals surface area contributed by atoms with Crippen LogP contribution in [0.4, 0.5) is 0 Å². The van der Waals surface area contributed by atoms with Crippen molar-refractivity contribution >= 4 is 11.8 Å². The van der Waals surface area contributed by atoms with Crippen LogP contribution in [-0.2, 0) is 6.42 Å². The summed E-state index contributed by atoms with van der Waals surface area (Å²) in [6, 6.07) is 27.4. The van der Waals surface area contributed by atoms with Crippen LogP contribution in [0.2, 0.25) is 0 Å². The van der Waals surface area contributed by atoms with Crippen LogP contribution in [0.3, 0.4) is 0 Å². The first-order chi connectivity index (χ1) is 18.3. The zero-order valence-electron chi connectivity index (χ0n) is 22.7. The Labute approximate surface area is 225 Å². The number of Topliss-reactive ketones (excluding diaryl/α,β-unsaturated/α-hetero) is 1. The van der Waals surface area contributed by atoms with E-state index in [1.54, 1.807) is 26.2 Å². The fourth-order valence-corrected chi connectivity index (χ4v) is 4.80. The van der Waals surface area contributed by atoms with Gasteiger partial charge in [-0.2, -0.15) is 0 Å². The first-order valence-electron chi connectivity index (χ1n) is 12.9. The van der Waals surface area contributed by atoms with Crippen molar-refractivity contribution in [3.63, 3.8) is 0 Å². The summed E-state index contributed by atoms with van der Waals surface area (Å²) in [6.45, 7) is 7.77. The normalized spacial score (nSPS) is 11.6. The second-order valence-electron chi connectivity index (χ2n) is 9.73. The summed E-state index contributed by atoms with van der Waals surface area (Å²) in [7, 11) is 1.69. The Bertz CT molecular complexity index is 1430. The molecule has 0 aliphatic rings. The lowest BCUT2D eigenvalue weighted by Crippen LogP contribution is -2.10. The summed E-state index contributed by atoms with van der Waals surface area (Å²) >= 11 is 0. The van der Waals surface area contributed by atoms with Crippen molar-refractivity contribution in [3.05, 3.63) is 129 Å². The largest absolute Gasteiger partial charge is 0.496 e. The molecule has 1 atom stereocenters. The Hall–Kier alpha value is -4.18. The molecule has 0 saturated carbocycles. The van der Waals surface area contributed by atoms with Crippen molar-refractivity contribution in [2.45, 2.75) is 46.5 Å². The minimum absolute atomic E-state index is 0.0572. The maximum absolute atomic E-state index is 12.9. The second-order valence-corrected chi connectivity index (χ2v) is 9.73. The monoisotopic (exact) mass is 506 g/mol. The van der Waals surface area contributed by atoms with Crippen LogP contribution in [0.5, 0.6) is 11.5 Å². The lowest BCUT2D eigenvalue weighted by atomic mass is 9.87. The summed E-state index contributed by atoms with van der Waals surface area (Å²) in [5, 5.41) is 0. The van der Waals surface area contributed by atoms with E-state index >= 15 is 0 Å². The molecule has 1 unspecified atom stereocenters. The Kier molecular flexibility index (Phi) is 8.42. The van der Waals surface area contributed by atoms with Gasteiger partial charge in [0.2, 0.25) is 0 Å². The van der Waals surface area contributed by atoms with Gasteiger partial charge in [0.25, 0.3) is 0 Å². The van der Waals surface area contributed by atoms with Gasteiger partial charge < -0.3 is 9.47 Å². The minimum Gasteiger partial charge on any atom is -0.496 e. The molecule has 0 aliphatic carbocycles. The molecule has 0 saturated heterocycles. The predicted molar refractivity (Wildman–Crippen MR) is 152 cm³/mol. The standard InChI is InChI=1S/C34H34O4/c1-6-31(29-15-17-32(37-5)22(2)19-29)30-16-18-33(23(3)20-30)38-34(36)28-13-9-26(10-14-28)21-25-7-11-27(12-8-25)24(4)35/h7-20,31H,6,21H2,1-5H3. The average Bonchev–Trinajstić information content (AvgIpc) is 2.91. The van der Waals surface area contributed by atoms with E-state index in [0.717, 1.165) is 40.8 Å². The van der Waals surface area contributed by atoms with Crippen molar-refractivity contribution in [1.29, 1.82) is 0 Å². The molecule has 0 amide bonds. The number of carbonyl (C=O) groups is 2. The maximum Gasteiger partial charge on any atom is 0.343 e. The van der Waals surface area contributed by atoms with E-state index in [4.69, 9.17) is 9.47 Å². The Morgan fingerprint density at radius 1 is 0.711 bits per heavy atom. The number of benzene rings is 4. The van der Waals surface area contributed by atoms with Gasteiger partial charge in [-0.3, -0.25) is 4.79 Å². The zero-order valence-corrected chi connectivity index (χ0v) is 22.7. The minimum atomic E-state index is -0.379. The highest BCUT2D eigenvalue weighted by molar-refractivity contribution is 5.94. The van der Waals surface area contributed by atoms with Gasteiger partial charge in [-0.05, 0) is 91.3 Å². The van der Waals surface area contributed by atoms with Crippen LogP contribution in [0.25, 0.3) is 0 Å². The smallest absolute Gasteiger partial charge is 0.343 e. The lowest BCUT2D eigenvalue weighted by molar-refractivity contribution is 0.0733. The van der Waals surface area contributed by atoms with Crippen LogP contribution in [0.15, 0.2) is 84.9 Å². The van der Waals surface area contributed by atoms with Gasteiger partial charge in [-0.15, -0.1) is 0 Å². The molecule has 4 aromatic carbocycles. The van der Waals surface area contributed by atoms with Gasteiger partial charge in [0, 0.05) is 11.5 Å². The van der Waals surface area contributed by atoms with E-state index < -0.39 is 0 Å². The molecular weight excluding hydrogens is 472 g/mol. The van der Waals surface area contributed by atoms with Crippen molar-refractivity contribution in [2.24, 2.45) is 0 Å². The molecule has 4 aromatic rings. The third-order valence-electron chi connectivity index (χ3n) is 6.99. The van der Waals surface area contributed by atoms with E-state index in [0.29, 0.717) is 16.9 Å². The lowest BCUT2D eigenvalue weighted by Gasteiger charge is -2.19. The van der Waals surface area contributed by atoms with Crippen molar-refractivity contribution in [1.82, 2.24) is 0 Å². The number of aryl methyl sites for hydroxylation is 2. The number of hydrogen-bond donors (Lipinski definition) is 0. The molecule has 194 valence electrons. The van der Waals surface area contributed by atoms with E-state index in [9.17, 15) is 9.59 Å². The molecule has 0 N–H and O–H groups in total. The van der Waals surface area contributed by atoms with Gasteiger partial charge in [0.05, 0.1) is 12.7 Å². The van der Waals surface area contributed by atoms with Crippen LogP contribution in [-0.4, -0.2) is 18.9 Å². The SMILES string of the molecule is CCC(c1ccc(OC)c(C)c1)c1ccc(OC(=O)c2ccc(Cc3ccc(C(C)=O)cc3)cc2)c(C)c1. The molecule has 0 bridgehead atoms. The maximum atomic E-state index is 12.9. The van der Waals surface area contributed by atoms with E-state index in [1.807, 2.05) is 61.5 Å². The highest BCUT2D eigenvalue weighted by atomic mass is 16.5. The fourth-order valence-electron chi connectivity index (χ4n) is 4.80. The van der Waals surface area contributed by atoms with Crippen LogP contribution >= 0.6 is 0 Å². The predicted octanol–water partition coefficient (Wildman–Crippen LogP) is 7.87. The number of carbonyl (C=O) groups excluding carboxylic acids is 2. The second kappa shape index (κ2) is 11.9. The molecule has 0 aliphatic heterocycles. The molecule has 4 rings (SSSR count). The van der Waals surface area contributed by atoms with Gasteiger partial charge in [-0.1, -0.05) is 67.6 Å². The number of hydrogen-bond acceptors (Lipinski definition) is 4. The van der Waals surface area contributed by atoms with Crippen molar-refractivity contribution < 1.29 is 19.1 Å². The molecule has 0 aromatic heterocycles. The van der Waals surface area contributed by atoms with Gasteiger partial charge >= 0.3 is 5.97 Å². The molecule has 4 nitrogen and oxygen atoms in total. The third-order valence-corrected chi connectivity index (χ3v) is 6.99. The zero-order chi connectivity index (χ0) is 27.2. The first kappa shape index (κ1) is 26.9. The fraction of sp³-hybridized carbons (Fsp3) is 0.235. The highest BCUT2D eigenvalue weighted by Crippen LogP contribution is 2.33. The average molecular weight is 507 g/mol. The number of ketones is 1. The van der Waals surface area contributed by atoms with Gasteiger partial charge in [-0.25, -0.2) is 4.79 Å². The van der Waals surface area contributed by atoms with E-state index in [-0.39, 0.29) is 17.7 Å². The summed E-state index contributed by atoms with van der Waals surface area (Å²) in [6.07, 6.45) is 1.68. The van der Waals surface area contributed by atoms with E-state index in [2.05, 4.69) is 32.0 Å². The van der Waals surface area contributed by atoms with Gasteiger partial charge in [0.15, 0.2) is 5.78 Å². The highest BCUT2D eigenvalue weighted by Gasteiger charge is 2.17. The van der Waals surface area contributed by atoms with E-state index in [1.165, 1.54) is 11.1 Å². The molecule has 0 radical (unpaired) electrons. The van der Waals surface area contributed by atoms with Crippen LogP contribution < -0.4 is 9.47 Å². The Balaban J connectivity index is 1.43. The number of methoxy groups -OCH3 is 1. The Morgan fingerprint density at radius 3 is 1.66 bits per heavy atom. The summed E-state index contributed by atoms with van der Waals surface area (Å²) < 4.78 is 11.2. The number of ether oxygens (including phenoxy) is 2. The first-order valence-corrected chi connectivity index (χ1v) is 12.9. The summed E-state index contributed by atoms with van der Waals surface area (Å²) in [5.74, 6) is 1.37. The summed E-state index contributed by atoms with van der Waals surface area (Å²) in [4.78, 5) is 24.3. The Morgan fingerprint density at radius 2 is 1.21 bits per heavy atom. The molecular formula is C34H34O4. The van der Waals surface area contributed by atoms with Crippen molar-refractivity contribution in [3.8, 4) is 11.5 Å². The third kappa shape index (κ3) is 6.20. The molecule has 0 heterocycles. The number of esters is 1. The molecule has 4 heteroatoms. The molecule has 0 spiro atoms. The van der Waals surface area contributed by atoms with Crippen LogP contribution in [0.1, 0.15) is 80.3 Å². The molecule has 38 heavy (non-hydrogen) atoms. The van der Waals surface area contributed by atoms with Gasteiger partial charge in [0.1, 0.15) is 11.5 Å². The molecule has 0 fully saturated rings. The summed E-state index contributed by atoms with van der Waals surface area (Å²) in [5.41, 5.74) is 7.86. The number of rotatable bonds is 9. The van der Waals surface area contributed by atoms with Crippen molar-refractivity contribution in [2.75, 3.05) is 7.11 Å².